The predicted molar refractivity (Wildman–Crippen MR) is 125 cm³/mol. The largest absolute Gasteiger partial charge is 0.350 e. The molecule has 2 aliphatic rings. The molecule has 1 N–H and O–H groups in total. The number of nitrogens with one attached hydrogen (secondary N) is 1. The Bertz CT molecular complexity index is 1220. The van der Waals surface area contributed by atoms with Crippen LogP contribution in [0.25, 0.3) is 5.65 Å². The van der Waals surface area contributed by atoms with Crippen molar-refractivity contribution >= 4 is 23.1 Å². The summed E-state index contributed by atoms with van der Waals surface area (Å²) < 4.78 is 2.92. The minimum atomic E-state index is -0.413. The van der Waals surface area contributed by atoms with Gasteiger partial charge in [0.2, 0.25) is 11.8 Å². The average Bonchev–Trinajstić information content (AvgIpc) is 3.45. The second kappa shape index (κ2) is 9.21. The van der Waals surface area contributed by atoms with Crippen molar-refractivity contribution in [2.75, 3.05) is 11.9 Å². The Hall–Kier alpha value is -3.42. The highest BCUT2D eigenvalue weighted by molar-refractivity contribution is 5.97. The van der Waals surface area contributed by atoms with Crippen LogP contribution in [-0.4, -0.2) is 43.5 Å². The van der Waals surface area contributed by atoms with Gasteiger partial charge in [0.15, 0.2) is 5.65 Å². The number of carbonyl (C=O) groups is 2. The van der Waals surface area contributed by atoms with Gasteiger partial charge in [0.1, 0.15) is 6.04 Å². The van der Waals surface area contributed by atoms with Gasteiger partial charge in [-0.3, -0.25) is 14.0 Å². The number of pyridine rings is 1. The van der Waals surface area contributed by atoms with Crippen molar-refractivity contribution in [2.24, 2.45) is 5.92 Å². The fourth-order valence-electron chi connectivity index (χ4n) is 5.10. The van der Waals surface area contributed by atoms with Gasteiger partial charge in [-0.2, -0.15) is 0 Å². The van der Waals surface area contributed by atoms with Gasteiger partial charge >= 0.3 is 5.69 Å². The number of carbonyl (C=O) groups excluding carboxylic acids is 2. The molecule has 3 aromatic rings. The number of aromatic nitrogens is 3. The Morgan fingerprint density at radius 2 is 1.85 bits per heavy atom. The summed E-state index contributed by atoms with van der Waals surface area (Å²) in [5, 5.41) is 7.36. The van der Waals surface area contributed by atoms with Gasteiger partial charge in [-0.1, -0.05) is 37.5 Å². The molecule has 1 aliphatic carbocycles. The Labute approximate surface area is 192 Å². The van der Waals surface area contributed by atoms with Gasteiger partial charge in [-0.15, -0.1) is 5.10 Å². The van der Waals surface area contributed by atoms with Crippen LogP contribution in [0.2, 0.25) is 0 Å². The molecule has 1 atom stereocenters. The maximum Gasteiger partial charge on any atom is 0.350 e. The highest BCUT2D eigenvalue weighted by Gasteiger charge is 2.37. The van der Waals surface area contributed by atoms with Crippen LogP contribution in [-0.2, 0) is 16.1 Å². The predicted octanol–water partition coefficient (Wildman–Crippen LogP) is 3.05. The average molecular weight is 448 g/mol. The zero-order valence-electron chi connectivity index (χ0n) is 18.7. The van der Waals surface area contributed by atoms with Gasteiger partial charge in [0.25, 0.3) is 0 Å². The number of hydrogen-bond donors (Lipinski definition) is 1. The third-order valence-corrected chi connectivity index (χ3v) is 6.81. The monoisotopic (exact) mass is 447 g/mol. The SMILES string of the molecule is O=C(Nc1cccc(Cn2nc3ccccn3c2=O)c1)C1CCCN1C(=O)C1CCCCC1. The molecule has 0 radical (unpaired) electrons. The standard InChI is InChI=1S/C25H29N5O3/c31-23(21-12-7-15-28(21)24(32)19-9-2-1-3-10-19)26-20-11-6-8-18(16-20)17-30-25(33)29-14-5-4-13-22(29)27-30/h4-6,8,11,13-14,16,19,21H,1-3,7,9-10,12,15,17H2,(H,26,31). The quantitative estimate of drug-likeness (QED) is 0.651. The van der Waals surface area contributed by atoms with E-state index in [1.165, 1.54) is 15.5 Å². The fourth-order valence-corrected chi connectivity index (χ4v) is 5.10. The molecule has 8 nitrogen and oxygen atoms in total. The minimum Gasteiger partial charge on any atom is -0.330 e. The van der Waals surface area contributed by atoms with Crippen molar-refractivity contribution in [3.05, 3.63) is 64.7 Å². The van der Waals surface area contributed by atoms with Crippen LogP contribution in [0, 0.1) is 5.92 Å². The number of nitrogens with zero attached hydrogens (tertiary/aromatic N) is 4. The van der Waals surface area contributed by atoms with Crippen LogP contribution in [0.3, 0.4) is 0 Å². The summed E-state index contributed by atoms with van der Waals surface area (Å²) in [6, 6.07) is 12.5. The molecule has 1 saturated carbocycles. The van der Waals surface area contributed by atoms with Crippen LogP contribution < -0.4 is 11.0 Å². The second-order valence-corrected chi connectivity index (χ2v) is 9.08. The van der Waals surface area contributed by atoms with E-state index in [0.29, 0.717) is 30.8 Å². The first-order valence-electron chi connectivity index (χ1n) is 11.8. The molecule has 1 aliphatic heterocycles. The first-order valence-corrected chi connectivity index (χ1v) is 11.8. The lowest BCUT2D eigenvalue weighted by atomic mass is 9.88. The van der Waals surface area contributed by atoms with E-state index in [1.54, 1.807) is 23.2 Å². The number of rotatable bonds is 5. The van der Waals surface area contributed by atoms with E-state index in [4.69, 9.17) is 0 Å². The number of likely N-dealkylation sites (tertiary alicyclic amines) is 1. The third kappa shape index (κ3) is 4.42. The van der Waals surface area contributed by atoms with Gasteiger partial charge in [-0.05, 0) is 55.5 Å². The van der Waals surface area contributed by atoms with E-state index in [0.717, 1.165) is 37.7 Å². The van der Waals surface area contributed by atoms with Gasteiger partial charge in [-0.25, -0.2) is 9.48 Å². The van der Waals surface area contributed by atoms with Crippen molar-refractivity contribution in [1.29, 1.82) is 0 Å². The number of anilines is 1. The summed E-state index contributed by atoms with van der Waals surface area (Å²) in [7, 11) is 0. The van der Waals surface area contributed by atoms with E-state index in [1.807, 2.05) is 30.3 Å². The molecule has 33 heavy (non-hydrogen) atoms. The van der Waals surface area contributed by atoms with Crippen molar-refractivity contribution < 1.29 is 9.59 Å². The Morgan fingerprint density at radius 1 is 1.00 bits per heavy atom. The molecule has 2 fully saturated rings. The summed E-state index contributed by atoms with van der Waals surface area (Å²) in [5.74, 6) is 0.0743. The summed E-state index contributed by atoms with van der Waals surface area (Å²) in [6.07, 6.45) is 8.52. The van der Waals surface area contributed by atoms with E-state index in [-0.39, 0.29) is 23.4 Å². The molecule has 1 aromatic carbocycles. The van der Waals surface area contributed by atoms with E-state index >= 15 is 0 Å². The highest BCUT2D eigenvalue weighted by atomic mass is 16.2. The molecule has 5 rings (SSSR count). The lowest BCUT2D eigenvalue weighted by Gasteiger charge is -2.30. The number of benzene rings is 1. The lowest BCUT2D eigenvalue weighted by molar-refractivity contribution is -0.141. The molecule has 1 unspecified atom stereocenters. The first-order chi connectivity index (χ1) is 16.1. The fraction of sp³-hybridized carbons (Fsp3) is 0.440. The Balaban J connectivity index is 1.28. The van der Waals surface area contributed by atoms with Crippen LogP contribution in [0.15, 0.2) is 53.5 Å². The number of fused-ring (bicyclic) bond motifs is 1. The number of amides is 2. The van der Waals surface area contributed by atoms with Crippen molar-refractivity contribution in [3.63, 3.8) is 0 Å². The third-order valence-electron chi connectivity index (χ3n) is 6.81. The van der Waals surface area contributed by atoms with Crippen LogP contribution in [0.5, 0.6) is 0 Å². The van der Waals surface area contributed by atoms with Gasteiger partial charge in [0.05, 0.1) is 6.54 Å². The molecule has 3 heterocycles. The van der Waals surface area contributed by atoms with E-state index in [9.17, 15) is 14.4 Å². The summed E-state index contributed by atoms with van der Waals surface area (Å²) in [5.41, 5.74) is 1.91. The van der Waals surface area contributed by atoms with Gasteiger partial charge in [0, 0.05) is 24.3 Å². The molecular formula is C25H29N5O3. The lowest BCUT2D eigenvalue weighted by Crippen LogP contribution is -2.46. The topological polar surface area (TPSA) is 88.7 Å². The molecule has 2 amide bonds. The Kier molecular flexibility index (Phi) is 5.98. The van der Waals surface area contributed by atoms with E-state index in [2.05, 4.69) is 10.4 Å². The zero-order valence-corrected chi connectivity index (χ0v) is 18.7. The van der Waals surface area contributed by atoms with Crippen molar-refractivity contribution in [2.45, 2.75) is 57.5 Å². The molecular weight excluding hydrogens is 418 g/mol. The molecule has 8 heteroatoms. The smallest absolute Gasteiger partial charge is 0.330 e. The van der Waals surface area contributed by atoms with Gasteiger partial charge < -0.3 is 10.2 Å². The van der Waals surface area contributed by atoms with Crippen LogP contribution in [0.4, 0.5) is 5.69 Å². The maximum atomic E-state index is 13.1. The van der Waals surface area contributed by atoms with Crippen LogP contribution >= 0.6 is 0 Å². The zero-order chi connectivity index (χ0) is 22.8. The molecule has 2 aromatic heterocycles. The summed E-state index contributed by atoms with van der Waals surface area (Å²) in [6.45, 7) is 0.963. The number of hydrogen-bond acceptors (Lipinski definition) is 4. The summed E-state index contributed by atoms with van der Waals surface area (Å²) in [4.78, 5) is 40.5. The first kappa shape index (κ1) is 21.4. The van der Waals surface area contributed by atoms with E-state index < -0.39 is 6.04 Å². The Morgan fingerprint density at radius 3 is 2.67 bits per heavy atom. The normalized spacial score (nSPS) is 19.2. The van der Waals surface area contributed by atoms with Crippen molar-refractivity contribution in [3.8, 4) is 0 Å². The molecule has 0 spiro atoms. The second-order valence-electron chi connectivity index (χ2n) is 9.08. The summed E-state index contributed by atoms with van der Waals surface area (Å²) >= 11 is 0. The molecule has 1 saturated heterocycles. The molecule has 0 bridgehead atoms. The maximum absolute atomic E-state index is 13.1. The minimum absolute atomic E-state index is 0.0687. The van der Waals surface area contributed by atoms with Crippen LogP contribution in [0.1, 0.15) is 50.5 Å². The molecule has 172 valence electrons. The van der Waals surface area contributed by atoms with Crippen molar-refractivity contribution in [1.82, 2.24) is 19.1 Å². The highest BCUT2D eigenvalue weighted by Crippen LogP contribution is 2.29.